The minimum Gasteiger partial charge on any atom is -0.372 e. The number of nitrogens with zero attached hydrogens (tertiary/aromatic N) is 2. The summed E-state index contributed by atoms with van der Waals surface area (Å²) in [5, 5.41) is 0. The Bertz CT molecular complexity index is 812. The first-order valence-electron chi connectivity index (χ1n) is 8.30. The van der Waals surface area contributed by atoms with Gasteiger partial charge < -0.3 is 14.8 Å². The minimum absolute atomic E-state index is 0.0271. The molecule has 1 aliphatic heterocycles. The van der Waals surface area contributed by atoms with E-state index in [1.165, 1.54) is 18.0 Å². The summed E-state index contributed by atoms with van der Waals surface area (Å²) in [5.74, 6) is -0.0271. The average Bonchev–Trinajstić information content (AvgIpc) is 2.71. The number of fused-ring (bicyclic) bond motifs is 1. The van der Waals surface area contributed by atoms with Crippen molar-refractivity contribution in [2.24, 2.45) is 0 Å². The molecule has 24 heavy (non-hydrogen) atoms. The van der Waals surface area contributed by atoms with Gasteiger partial charge in [0.15, 0.2) is 0 Å². The summed E-state index contributed by atoms with van der Waals surface area (Å²) in [6.07, 6.45) is 2.42. The Morgan fingerprint density at radius 2 is 2.08 bits per heavy atom. The third-order valence-corrected chi connectivity index (χ3v) is 4.76. The third-order valence-electron chi connectivity index (χ3n) is 4.76. The summed E-state index contributed by atoms with van der Waals surface area (Å²) in [7, 11) is 2.07. The lowest BCUT2D eigenvalue weighted by atomic mass is 10.1. The Hall–Kier alpha value is -2.56. The van der Waals surface area contributed by atoms with Crippen LogP contribution in [-0.4, -0.2) is 35.4 Å². The zero-order chi connectivity index (χ0) is 17.3. The van der Waals surface area contributed by atoms with Crippen LogP contribution in [0.25, 0.3) is 0 Å². The van der Waals surface area contributed by atoms with Gasteiger partial charge in [-0.15, -0.1) is 0 Å². The molecule has 5 heteroatoms. The van der Waals surface area contributed by atoms with Crippen molar-refractivity contribution in [3.63, 3.8) is 0 Å². The highest BCUT2D eigenvalue weighted by molar-refractivity contribution is 5.95. The SMILES string of the molecule is CC[C@H]1CN(C)c2ccccc2CN1C(=O)c1c[nH]c(=O)cc1C. The highest BCUT2D eigenvalue weighted by Crippen LogP contribution is 2.28. The molecule has 0 unspecified atom stereocenters. The number of hydrogen-bond donors (Lipinski definition) is 1. The number of rotatable bonds is 2. The summed E-state index contributed by atoms with van der Waals surface area (Å²) in [4.78, 5) is 31.4. The second kappa shape index (κ2) is 6.51. The number of aromatic amines is 1. The highest BCUT2D eigenvalue weighted by Gasteiger charge is 2.29. The number of nitrogens with one attached hydrogen (secondary N) is 1. The van der Waals surface area contributed by atoms with Crippen LogP contribution in [-0.2, 0) is 6.54 Å². The van der Waals surface area contributed by atoms with E-state index in [1.54, 1.807) is 6.92 Å². The Labute approximate surface area is 141 Å². The van der Waals surface area contributed by atoms with Crippen molar-refractivity contribution in [1.82, 2.24) is 9.88 Å². The first-order valence-corrected chi connectivity index (χ1v) is 8.30. The van der Waals surface area contributed by atoms with Gasteiger partial charge in [-0.05, 0) is 30.5 Å². The number of aryl methyl sites for hydroxylation is 1. The fourth-order valence-corrected chi connectivity index (χ4v) is 3.39. The molecule has 5 nitrogen and oxygen atoms in total. The fraction of sp³-hybridized carbons (Fsp3) is 0.368. The number of likely N-dealkylation sites (N-methyl/N-ethyl adjacent to an activating group) is 1. The van der Waals surface area contributed by atoms with Gasteiger partial charge in [0.1, 0.15) is 0 Å². The maximum absolute atomic E-state index is 13.2. The number of benzene rings is 1. The molecule has 1 aliphatic rings. The lowest BCUT2D eigenvalue weighted by molar-refractivity contribution is 0.0666. The Kier molecular flexibility index (Phi) is 4.42. The molecule has 1 aromatic carbocycles. The van der Waals surface area contributed by atoms with Gasteiger partial charge in [-0.25, -0.2) is 0 Å². The molecular weight excluding hydrogens is 302 g/mol. The lowest BCUT2D eigenvalue weighted by Crippen LogP contribution is -2.43. The van der Waals surface area contributed by atoms with E-state index in [2.05, 4.69) is 36.0 Å². The van der Waals surface area contributed by atoms with Gasteiger partial charge in [0.25, 0.3) is 5.91 Å². The largest absolute Gasteiger partial charge is 0.372 e. The van der Waals surface area contributed by atoms with Crippen molar-refractivity contribution in [3.8, 4) is 0 Å². The molecule has 0 bridgehead atoms. The van der Waals surface area contributed by atoms with Gasteiger partial charge in [0.2, 0.25) is 5.56 Å². The predicted octanol–water partition coefficient (Wildman–Crippen LogP) is 2.55. The standard InChI is InChI=1S/C19H23N3O2/c1-4-15-12-21(3)17-8-6-5-7-14(17)11-22(15)19(24)16-10-20-18(23)9-13(16)2/h5-10,15H,4,11-12H2,1-3H3,(H,20,23)/t15-/m0/s1. The molecule has 1 aromatic heterocycles. The highest BCUT2D eigenvalue weighted by atomic mass is 16.2. The van der Waals surface area contributed by atoms with E-state index in [1.807, 2.05) is 17.0 Å². The minimum atomic E-state index is -0.183. The number of carbonyl (C=O) groups is 1. The summed E-state index contributed by atoms with van der Waals surface area (Å²) in [6.45, 7) is 5.29. The topological polar surface area (TPSA) is 56.4 Å². The molecule has 2 aromatic rings. The molecule has 0 radical (unpaired) electrons. The Morgan fingerprint density at radius 1 is 1.33 bits per heavy atom. The van der Waals surface area contributed by atoms with Crippen LogP contribution in [0.5, 0.6) is 0 Å². The Balaban J connectivity index is 2.01. The molecular formula is C19H23N3O2. The maximum Gasteiger partial charge on any atom is 0.256 e. The van der Waals surface area contributed by atoms with Crippen molar-refractivity contribution in [3.05, 3.63) is 63.6 Å². The van der Waals surface area contributed by atoms with Crippen LogP contribution in [0.15, 0.2) is 41.3 Å². The van der Waals surface area contributed by atoms with Crippen molar-refractivity contribution < 1.29 is 4.79 Å². The van der Waals surface area contributed by atoms with Gasteiger partial charge in [-0.1, -0.05) is 25.1 Å². The van der Waals surface area contributed by atoms with Crippen LogP contribution >= 0.6 is 0 Å². The average molecular weight is 325 g/mol. The lowest BCUT2D eigenvalue weighted by Gasteiger charge is -2.31. The number of H-pyrrole nitrogens is 1. The number of anilines is 1. The number of para-hydroxylation sites is 1. The van der Waals surface area contributed by atoms with Gasteiger partial charge in [0.05, 0.1) is 5.56 Å². The summed E-state index contributed by atoms with van der Waals surface area (Å²) in [5.41, 5.74) is 3.41. The van der Waals surface area contributed by atoms with E-state index >= 15 is 0 Å². The van der Waals surface area contributed by atoms with Crippen molar-refractivity contribution in [2.75, 3.05) is 18.5 Å². The Morgan fingerprint density at radius 3 is 2.79 bits per heavy atom. The van der Waals surface area contributed by atoms with Crippen LogP contribution in [0.4, 0.5) is 5.69 Å². The monoisotopic (exact) mass is 325 g/mol. The second-order valence-corrected chi connectivity index (χ2v) is 6.40. The summed E-state index contributed by atoms with van der Waals surface area (Å²) < 4.78 is 0. The molecule has 1 N–H and O–H groups in total. The van der Waals surface area contributed by atoms with Crippen molar-refractivity contribution in [1.29, 1.82) is 0 Å². The first kappa shape index (κ1) is 16.3. The van der Waals surface area contributed by atoms with E-state index in [0.717, 1.165) is 18.5 Å². The predicted molar refractivity (Wildman–Crippen MR) is 95.5 cm³/mol. The van der Waals surface area contributed by atoms with Gasteiger partial charge in [0, 0.05) is 44.1 Å². The van der Waals surface area contributed by atoms with Crippen LogP contribution in [0.1, 0.15) is 34.8 Å². The van der Waals surface area contributed by atoms with Crippen molar-refractivity contribution in [2.45, 2.75) is 32.9 Å². The number of pyridine rings is 1. The van der Waals surface area contributed by atoms with Gasteiger partial charge >= 0.3 is 0 Å². The van der Waals surface area contributed by atoms with E-state index in [4.69, 9.17) is 0 Å². The smallest absolute Gasteiger partial charge is 0.256 e. The molecule has 0 aliphatic carbocycles. The molecule has 1 amide bonds. The molecule has 1 atom stereocenters. The summed E-state index contributed by atoms with van der Waals surface area (Å²) >= 11 is 0. The van der Waals surface area contributed by atoms with Gasteiger partial charge in [-0.2, -0.15) is 0 Å². The number of hydrogen-bond acceptors (Lipinski definition) is 3. The maximum atomic E-state index is 13.2. The molecule has 0 saturated carbocycles. The molecule has 126 valence electrons. The van der Waals surface area contributed by atoms with E-state index in [9.17, 15) is 9.59 Å². The molecule has 2 heterocycles. The zero-order valence-corrected chi connectivity index (χ0v) is 14.4. The van der Waals surface area contributed by atoms with Crippen LogP contribution < -0.4 is 10.5 Å². The van der Waals surface area contributed by atoms with Crippen LogP contribution in [0, 0.1) is 6.92 Å². The van der Waals surface area contributed by atoms with Gasteiger partial charge in [-0.3, -0.25) is 9.59 Å². The fourth-order valence-electron chi connectivity index (χ4n) is 3.39. The number of carbonyl (C=O) groups excluding carboxylic acids is 1. The summed E-state index contributed by atoms with van der Waals surface area (Å²) in [6, 6.07) is 9.81. The quantitative estimate of drug-likeness (QED) is 0.923. The molecule has 0 saturated heterocycles. The van der Waals surface area contributed by atoms with Crippen LogP contribution in [0.3, 0.4) is 0 Å². The zero-order valence-electron chi connectivity index (χ0n) is 14.4. The second-order valence-electron chi connectivity index (χ2n) is 6.40. The van der Waals surface area contributed by atoms with E-state index in [0.29, 0.717) is 17.7 Å². The number of aromatic nitrogens is 1. The molecule has 0 spiro atoms. The molecule has 0 fully saturated rings. The first-order chi connectivity index (χ1) is 11.5. The third kappa shape index (κ3) is 2.94. The van der Waals surface area contributed by atoms with Crippen LogP contribution in [0.2, 0.25) is 0 Å². The van der Waals surface area contributed by atoms with Crippen molar-refractivity contribution >= 4 is 11.6 Å². The number of amides is 1. The normalized spacial score (nSPS) is 17.4. The molecule has 3 rings (SSSR count). The van der Waals surface area contributed by atoms with E-state index < -0.39 is 0 Å². The van der Waals surface area contributed by atoms with E-state index in [-0.39, 0.29) is 17.5 Å².